The largest absolute Gasteiger partial charge is 0.493 e. The third-order valence-electron chi connectivity index (χ3n) is 6.51. The van der Waals surface area contributed by atoms with Gasteiger partial charge in [0.05, 0.1) is 18.1 Å². The molecule has 3 heterocycles. The molecule has 4 amide bonds. The number of fused-ring (bicyclic) bond motifs is 2. The van der Waals surface area contributed by atoms with Crippen LogP contribution in [0, 0.1) is 0 Å². The minimum Gasteiger partial charge on any atom is -0.493 e. The molecule has 1 spiro atoms. The Morgan fingerprint density at radius 3 is 2.77 bits per heavy atom. The minimum atomic E-state index is -3.19. The third kappa shape index (κ3) is 3.66. The number of ether oxygens (including phenoxy) is 1. The van der Waals surface area contributed by atoms with Gasteiger partial charge in [-0.2, -0.15) is 0 Å². The van der Waals surface area contributed by atoms with Gasteiger partial charge in [-0.05, 0) is 25.8 Å². The molecular weight excluding hydrogens is 422 g/mol. The first-order valence-electron chi connectivity index (χ1n) is 10.6. The number of carbonyl (C=O) groups is 3. The fraction of sp³-hybridized carbons (Fsp3) is 0.571. The number of urea groups is 1. The fourth-order valence-electron chi connectivity index (χ4n) is 4.73. The van der Waals surface area contributed by atoms with Gasteiger partial charge in [0.25, 0.3) is 5.91 Å². The summed E-state index contributed by atoms with van der Waals surface area (Å²) in [6, 6.07) is 5.78. The number of sulfone groups is 1. The molecule has 0 unspecified atom stereocenters. The van der Waals surface area contributed by atoms with Crippen LogP contribution in [0.1, 0.15) is 38.7 Å². The molecule has 0 bridgehead atoms. The monoisotopic (exact) mass is 449 g/mol. The maximum absolute atomic E-state index is 13.4. The first kappa shape index (κ1) is 21.6. The summed E-state index contributed by atoms with van der Waals surface area (Å²) in [4.78, 5) is 41.9. The molecule has 4 rings (SSSR count). The Bertz CT molecular complexity index is 1030. The summed E-state index contributed by atoms with van der Waals surface area (Å²) in [5, 5.41) is 2.79. The van der Waals surface area contributed by atoms with Crippen LogP contribution >= 0.6 is 0 Å². The Kier molecular flexibility index (Phi) is 5.45. The molecule has 3 aliphatic heterocycles. The van der Waals surface area contributed by atoms with Crippen molar-refractivity contribution >= 4 is 27.7 Å². The van der Waals surface area contributed by atoms with Gasteiger partial charge in [0.1, 0.15) is 12.3 Å². The molecule has 0 radical (unpaired) electrons. The van der Waals surface area contributed by atoms with E-state index in [1.807, 2.05) is 13.8 Å². The predicted octanol–water partition coefficient (Wildman–Crippen LogP) is 1.03. The number of nitrogens with one attached hydrogen (secondary N) is 1. The van der Waals surface area contributed by atoms with E-state index in [9.17, 15) is 22.8 Å². The van der Waals surface area contributed by atoms with Gasteiger partial charge in [0.15, 0.2) is 15.4 Å². The van der Waals surface area contributed by atoms with E-state index < -0.39 is 45.8 Å². The van der Waals surface area contributed by atoms with Gasteiger partial charge < -0.3 is 15.0 Å². The van der Waals surface area contributed by atoms with Gasteiger partial charge in [0, 0.05) is 24.1 Å². The molecular formula is C21H27N3O6S. The van der Waals surface area contributed by atoms with Crippen molar-refractivity contribution in [3.8, 4) is 5.75 Å². The highest BCUT2D eigenvalue weighted by Gasteiger charge is 2.55. The van der Waals surface area contributed by atoms with Gasteiger partial charge in [-0.3, -0.25) is 14.5 Å². The van der Waals surface area contributed by atoms with Gasteiger partial charge in [-0.25, -0.2) is 13.2 Å². The van der Waals surface area contributed by atoms with Crippen LogP contribution in [0.4, 0.5) is 4.79 Å². The molecule has 2 saturated heterocycles. The van der Waals surface area contributed by atoms with Crippen LogP contribution in [0.5, 0.6) is 5.75 Å². The molecule has 31 heavy (non-hydrogen) atoms. The fourth-order valence-corrected chi connectivity index (χ4v) is 6.44. The number of imide groups is 1. The summed E-state index contributed by atoms with van der Waals surface area (Å²) in [6.45, 7) is 3.61. The predicted molar refractivity (Wildman–Crippen MR) is 112 cm³/mol. The van der Waals surface area contributed by atoms with Crippen LogP contribution in [0.2, 0.25) is 0 Å². The van der Waals surface area contributed by atoms with Crippen LogP contribution in [0.3, 0.4) is 0 Å². The van der Waals surface area contributed by atoms with Gasteiger partial charge in [-0.15, -0.1) is 0 Å². The van der Waals surface area contributed by atoms with Crippen molar-refractivity contribution in [1.82, 2.24) is 15.1 Å². The number of para-hydroxylation sites is 1. The summed E-state index contributed by atoms with van der Waals surface area (Å²) >= 11 is 0. The molecule has 1 aromatic carbocycles. The van der Waals surface area contributed by atoms with Crippen LogP contribution in [-0.2, 0) is 25.0 Å². The molecule has 0 aliphatic carbocycles. The summed E-state index contributed by atoms with van der Waals surface area (Å²) in [6.07, 6.45) is 1.28. The van der Waals surface area contributed by atoms with Crippen molar-refractivity contribution in [2.75, 3.05) is 24.7 Å². The van der Waals surface area contributed by atoms with Crippen molar-refractivity contribution in [3.05, 3.63) is 29.8 Å². The average molecular weight is 450 g/mol. The lowest BCUT2D eigenvalue weighted by atomic mass is 9.84. The van der Waals surface area contributed by atoms with Gasteiger partial charge in [-0.1, -0.05) is 25.1 Å². The molecule has 3 atom stereocenters. The first-order chi connectivity index (χ1) is 14.7. The van der Waals surface area contributed by atoms with E-state index in [0.717, 1.165) is 4.90 Å². The van der Waals surface area contributed by atoms with E-state index in [-0.39, 0.29) is 30.6 Å². The Balaban J connectivity index is 1.58. The van der Waals surface area contributed by atoms with Gasteiger partial charge in [0.2, 0.25) is 5.91 Å². The van der Waals surface area contributed by atoms with Crippen LogP contribution in [0.25, 0.3) is 0 Å². The number of nitrogens with zero attached hydrogens (tertiary/aromatic N) is 2. The van der Waals surface area contributed by atoms with Crippen molar-refractivity contribution in [2.24, 2.45) is 0 Å². The van der Waals surface area contributed by atoms with Crippen molar-refractivity contribution in [1.29, 1.82) is 0 Å². The number of rotatable bonds is 5. The zero-order chi connectivity index (χ0) is 22.4. The topological polar surface area (TPSA) is 113 Å². The quantitative estimate of drug-likeness (QED) is 0.672. The minimum absolute atomic E-state index is 0.0426. The van der Waals surface area contributed by atoms with Crippen molar-refractivity contribution in [2.45, 2.75) is 50.7 Å². The molecule has 0 saturated carbocycles. The van der Waals surface area contributed by atoms with Crippen LogP contribution in [0.15, 0.2) is 24.3 Å². The SMILES string of the molecule is CC[C@H](C)N(C(=O)CN1C(=O)N[C@]2(CCOc3ccccc32)C1=O)[C@H]1CCS(=O)(=O)C1. The molecule has 1 aromatic rings. The summed E-state index contributed by atoms with van der Waals surface area (Å²) in [5.74, 6) is -0.409. The molecule has 0 aromatic heterocycles. The van der Waals surface area contributed by atoms with E-state index >= 15 is 0 Å². The van der Waals surface area contributed by atoms with E-state index in [1.165, 1.54) is 0 Å². The first-order valence-corrected chi connectivity index (χ1v) is 12.4. The van der Waals surface area contributed by atoms with E-state index in [0.29, 0.717) is 24.2 Å². The second-order valence-electron chi connectivity index (χ2n) is 8.44. The van der Waals surface area contributed by atoms with Crippen LogP contribution in [-0.4, -0.2) is 72.8 Å². The maximum Gasteiger partial charge on any atom is 0.325 e. The Labute approximate surface area is 181 Å². The number of hydrogen-bond acceptors (Lipinski definition) is 6. The molecule has 2 fully saturated rings. The number of hydrogen-bond donors (Lipinski definition) is 1. The lowest BCUT2D eigenvalue weighted by Crippen LogP contribution is -2.52. The summed E-state index contributed by atoms with van der Waals surface area (Å²) in [7, 11) is -3.19. The van der Waals surface area contributed by atoms with E-state index in [2.05, 4.69) is 5.32 Å². The smallest absolute Gasteiger partial charge is 0.325 e. The molecule has 9 nitrogen and oxygen atoms in total. The molecule has 168 valence electrons. The summed E-state index contributed by atoms with van der Waals surface area (Å²) in [5.41, 5.74) is -0.667. The Morgan fingerprint density at radius 1 is 1.35 bits per heavy atom. The van der Waals surface area contributed by atoms with Gasteiger partial charge >= 0.3 is 6.03 Å². The summed E-state index contributed by atoms with van der Waals surface area (Å²) < 4.78 is 29.6. The van der Waals surface area contributed by atoms with Crippen molar-refractivity contribution < 1.29 is 27.5 Å². The Hall–Kier alpha value is -2.62. The van der Waals surface area contributed by atoms with Crippen LogP contribution < -0.4 is 10.1 Å². The molecule has 3 aliphatic rings. The second-order valence-corrected chi connectivity index (χ2v) is 10.7. The maximum atomic E-state index is 13.4. The lowest BCUT2D eigenvalue weighted by Gasteiger charge is -2.35. The Morgan fingerprint density at radius 2 is 2.10 bits per heavy atom. The zero-order valence-electron chi connectivity index (χ0n) is 17.7. The zero-order valence-corrected chi connectivity index (χ0v) is 18.5. The normalized spacial score (nSPS) is 27.5. The average Bonchev–Trinajstić information content (AvgIpc) is 3.20. The molecule has 10 heteroatoms. The van der Waals surface area contributed by atoms with Crippen molar-refractivity contribution in [3.63, 3.8) is 0 Å². The second kappa shape index (κ2) is 7.81. The number of carbonyl (C=O) groups excluding carboxylic acids is 3. The standard InChI is InChI=1S/C21H27N3O6S/c1-3-14(2)24(15-8-11-31(28,29)13-15)18(25)12-23-19(26)21(22-20(23)27)9-10-30-17-7-5-4-6-16(17)21/h4-7,14-15H,3,8-13H2,1-2H3,(H,22,27)/t14-,15-,21-/m0/s1. The van der Waals surface area contributed by atoms with E-state index in [1.54, 1.807) is 29.2 Å². The lowest BCUT2D eigenvalue weighted by molar-refractivity contribution is -0.142. The number of benzene rings is 1. The molecule has 1 N–H and O–H groups in total. The highest BCUT2D eigenvalue weighted by atomic mass is 32.2. The third-order valence-corrected chi connectivity index (χ3v) is 8.26. The highest BCUT2D eigenvalue weighted by Crippen LogP contribution is 2.41. The number of amides is 4. The highest BCUT2D eigenvalue weighted by molar-refractivity contribution is 7.91. The van der Waals surface area contributed by atoms with E-state index in [4.69, 9.17) is 4.74 Å².